The lowest BCUT2D eigenvalue weighted by Gasteiger charge is -1.97. The third-order valence-electron chi connectivity index (χ3n) is 1.17. The molecule has 0 aromatic heterocycles. The number of carbonyl (C=O) groups excluding carboxylic acids is 1. The zero-order valence-electron chi connectivity index (χ0n) is 5.73. The van der Waals surface area contributed by atoms with Gasteiger partial charge in [0.05, 0.1) is 5.56 Å². The molecule has 11 heavy (non-hydrogen) atoms. The van der Waals surface area contributed by atoms with E-state index in [1.807, 2.05) is 0 Å². The summed E-state index contributed by atoms with van der Waals surface area (Å²) in [6.45, 7) is 0. The second-order valence-corrected chi connectivity index (χ2v) is 1.88. The van der Waals surface area contributed by atoms with Gasteiger partial charge in [0.25, 0.3) is 0 Å². The summed E-state index contributed by atoms with van der Waals surface area (Å²) in [4.78, 5) is 10.8. The summed E-state index contributed by atoms with van der Waals surface area (Å²) in [6, 6.07) is 8.43. The van der Waals surface area contributed by atoms with Crippen LogP contribution in [0.1, 0.15) is 10.4 Å². The third-order valence-corrected chi connectivity index (χ3v) is 1.17. The van der Waals surface area contributed by atoms with Gasteiger partial charge in [0.15, 0.2) is 0 Å². The minimum atomic E-state index is -0.562. The molecule has 0 bridgehead atoms. The van der Waals surface area contributed by atoms with E-state index < -0.39 is 5.97 Å². The smallest absolute Gasteiger partial charge is 0.507 e. The van der Waals surface area contributed by atoms with Crippen LogP contribution in [0, 0.1) is 0 Å². The van der Waals surface area contributed by atoms with Gasteiger partial charge in [0, 0.05) is 0 Å². The van der Waals surface area contributed by atoms with Gasteiger partial charge in [0.2, 0.25) is 0 Å². The first-order valence-electron chi connectivity index (χ1n) is 3.06. The van der Waals surface area contributed by atoms with Crippen LogP contribution < -0.4 is 0 Å². The maximum atomic E-state index is 10.8. The Morgan fingerprint density at radius 3 is 2.55 bits per heavy atom. The summed E-state index contributed by atoms with van der Waals surface area (Å²) in [5, 5.41) is 8.13. The van der Waals surface area contributed by atoms with Gasteiger partial charge >= 0.3 is 13.7 Å². The molecule has 1 aromatic carbocycles. The summed E-state index contributed by atoms with van der Waals surface area (Å²) >= 11 is 0. The van der Waals surface area contributed by atoms with Gasteiger partial charge in [-0.25, -0.2) is 4.79 Å². The number of benzene rings is 1. The van der Waals surface area contributed by atoms with Gasteiger partial charge in [-0.3, -0.25) is 0 Å². The SMILES string of the molecule is O=C(O[B]O)c1ccccc1. The van der Waals surface area contributed by atoms with E-state index in [2.05, 4.69) is 4.65 Å². The lowest BCUT2D eigenvalue weighted by atomic mass is 10.2. The maximum absolute atomic E-state index is 10.8. The Hall–Kier alpha value is -1.29. The summed E-state index contributed by atoms with van der Waals surface area (Å²) in [6.07, 6.45) is 0. The van der Waals surface area contributed by atoms with Crippen LogP contribution in [0.25, 0.3) is 0 Å². The van der Waals surface area contributed by atoms with Crippen LogP contribution in [0.3, 0.4) is 0 Å². The van der Waals surface area contributed by atoms with Crippen molar-refractivity contribution in [1.29, 1.82) is 0 Å². The number of hydrogen-bond acceptors (Lipinski definition) is 3. The topological polar surface area (TPSA) is 46.5 Å². The van der Waals surface area contributed by atoms with Gasteiger partial charge in [-0.1, -0.05) is 18.2 Å². The van der Waals surface area contributed by atoms with E-state index in [0.29, 0.717) is 13.2 Å². The molecule has 1 N–H and O–H groups in total. The van der Waals surface area contributed by atoms with E-state index in [4.69, 9.17) is 5.02 Å². The van der Waals surface area contributed by atoms with Gasteiger partial charge < -0.3 is 9.68 Å². The normalized spacial score (nSPS) is 8.82. The van der Waals surface area contributed by atoms with Crippen molar-refractivity contribution in [1.82, 2.24) is 0 Å². The molecule has 0 aliphatic rings. The number of carbonyl (C=O) groups is 1. The molecule has 55 valence electrons. The lowest BCUT2D eigenvalue weighted by molar-refractivity contribution is 0.0719. The van der Waals surface area contributed by atoms with Crippen molar-refractivity contribution in [2.24, 2.45) is 0 Å². The van der Waals surface area contributed by atoms with Crippen molar-refractivity contribution in [3.8, 4) is 0 Å². The van der Waals surface area contributed by atoms with Crippen molar-refractivity contribution in [3.63, 3.8) is 0 Å². The number of hydrogen-bond donors (Lipinski definition) is 1. The maximum Gasteiger partial charge on any atom is 0.571 e. The Kier molecular flexibility index (Phi) is 2.69. The van der Waals surface area contributed by atoms with Crippen LogP contribution in [-0.4, -0.2) is 18.7 Å². The summed E-state index contributed by atoms with van der Waals surface area (Å²) in [5.41, 5.74) is 0.415. The van der Waals surface area contributed by atoms with Crippen LogP contribution >= 0.6 is 0 Å². The van der Waals surface area contributed by atoms with Crippen LogP contribution in [0.15, 0.2) is 30.3 Å². The van der Waals surface area contributed by atoms with Crippen LogP contribution in [0.2, 0.25) is 0 Å². The molecule has 0 amide bonds. The molecule has 0 saturated heterocycles. The second kappa shape index (κ2) is 3.78. The highest BCUT2D eigenvalue weighted by Crippen LogP contribution is 1.99. The van der Waals surface area contributed by atoms with Crippen LogP contribution in [-0.2, 0) is 4.65 Å². The van der Waals surface area contributed by atoms with Crippen molar-refractivity contribution >= 4 is 13.7 Å². The summed E-state index contributed by atoms with van der Waals surface area (Å²) in [7, 11) is 0.370. The van der Waals surface area contributed by atoms with Crippen LogP contribution in [0.4, 0.5) is 0 Å². The summed E-state index contributed by atoms with van der Waals surface area (Å²) < 4.78 is 4.22. The first kappa shape index (κ1) is 7.82. The Balaban J connectivity index is 2.69. The molecule has 1 rings (SSSR count). The first-order chi connectivity index (χ1) is 5.34. The summed E-state index contributed by atoms with van der Waals surface area (Å²) in [5.74, 6) is -0.562. The third kappa shape index (κ3) is 2.09. The van der Waals surface area contributed by atoms with E-state index in [-0.39, 0.29) is 0 Å². The average molecular weight is 149 g/mol. The van der Waals surface area contributed by atoms with Gasteiger partial charge in [-0.15, -0.1) is 0 Å². The van der Waals surface area contributed by atoms with E-state index in [1.54, 1.807) is 30.3 Å². The predicted molar refractivity (Wildman–Crippen MR) is 39.8 cm³/mol. The van der Waals surface area contributed by atoms with E-state index in [9.17, 15) is 4.79 Å². The van der Waals surface area contributed by atoms with Crippen LogP contribution in [0.5, 0.6) is 0 Å². The largest absolute Gasteiger partial charge is 0.571 e. The molecular weight excluding hydrogens is 143 g/mol. The predicted octanol–water partition coefficient (Wildman–Crippen LogP) is 0.370. The molecule has 0 fully saturated rings. The zero-order chi connectivity index (χ0) is 8.10. The Labute approximate surface area is 64.9 Å². The minimum absolute atomic E-state index is 0.370. The van der Waals surface area contributed by atoms with Crippen molar-refractivity contribution in [2.75, 3.05) is 0 Å². The highest BCUT2D eigenvalue weighted by Gasteiger charge is 2.04. The molecular formula is C7H6BO3. The van der Waals surface area contributed by atoms with Gasteiger partial charge in [-0.2, -0.15) is 0 Å². The molecule has 1 radical (unpaired) electrons. The molecule has 0 atom stereocenters. The molecule has 1 aromatic rings. The van der Waals surface area contributed by atoms with Gasteiger partial charge in [-0.05, 0) is 12.1 Å². The quantitative estimate of drug-likeness (QED) is 0.617. The molecule has 3 nitrogen and oxygen atoms in total. The van der Waals surface area contributed by atoms with Crippen molar-refractivity contribution < 1.29 is 14.5 Å². The minimum Gasteiger partial charge on any atom is -0.507 e. The lowest BCUT2D eigenvalue weighted by Crippen LogP contribution is -2.07. The molecule has 0 aliphatic carbocycles. The van der Waals surface area contributed by atoms with Crippen molar-refractivity contribution in [3.05, 3.63) is 35.9 Å². The van der Waals surface area contributed by atoms with Gasteiger partial charge in [0.1, 0.15) is 0 Å². The molecule has 0 unspecified atom stereocenters. The fourth-order valence-electron chi connectivity index (χ4n) is 0.690. The first-order valence-corrected chi connectivity index (χ1v) is 3.06. The van der Waals surface area contributed by atoms with Crippen molar-refractivity contribution in [2.45, 2.75) is 0 Å². The monoisotopic (exact) mass is 149 g/mol. The fourth-order valence-corrected chi connectivity index (χ4v) is 0.690. The van der Waals surface area contributed by atoms with E-state index >= 15 is 0 Å². The zero-order valence-corrected chi connectivity index (χ0v) is 5.73. The highest BCUT2D eigenvalue weighted by molar-refractivity contribution is 6.22. The standard InChI is InChI=1S/C7H6BO3/c9-7(11-8-10)6-4-2-1-3-5-6/h1-5,10H. The molecule has 0 spiro atoms. The second-order valence-electron chi connectivity index (χ2n) is 1.88. The fraction of sp³-hybridized carbons (Fsp3) is 0. The molecule has 4 heteroatoms. The van der Waals surface area contributed by atoms with E-state index in [1.165, 1.54) is 0 Å². The Bertz CT molecular complexity index is 235. The number of rotatable bonds is 2. The highest BCUT2D eigenvalue weighted by atomic mass is 16.6. The van der Waals surface area contributed by atoms with E-state index in [0.717, 1.165) is 0 Å². The molecule has 0 aliphatic heterocycles. The Morgan fingerprint density at radius 2 is 2.00 bits per heavy atom. The molecule has 0 heterocycles. The Morgan fingerprint density at radius 1 is 1.36 bits per heavy atom. The average Bonchev–Trinajstić information content (AvgIpc) is 2.07. The molecule has 0 saturated carbocycles.